The van der Waals surface area contributed by atoms with Crippen LogP contribution in [0.25, 0.3) is 0 Å². The molecule has 0 atom stereocenters. The van der Waals surface area contributed by atoms with Crippen LogP contribution in [0.3, 0.4) is 0 Å². The van der Waals surface area contributed by atoms with E-state index in [9.17, 15) is 9.59 Å². The Bertz CT molecular complexity index is 463. The Labute approximate surface area is 93.8 Å². The van der Waals surface area contributed by atoms with Crippen molar-refractivity contribution in [1.82, 2.24) is 4.98 Å². The molecule has 1 aromatic heterocycles. The van der Waals surface area contributed by atoms with Crippen LogP contribution < -0.4 is 5.32 Å². The Morgan fingerprint density at radius 2 is 2.40 bits per heavy atom. The lowest BCUT2D eigenvalue weighted by Crippen LogP contribution is -2.18. The molecule has 0 saturated carbocycles. The van der Waals surface area contributed by atoms with E-state index in [0.717, 1.165) is 11.8 Å². The van der Waals surface area contributed by atoms with E-state index in [-0.39, 0.29) is 22.4 Å². The van der Waals surface area contributed by atoms with Crippen LogP contribution in [-0.4, -0.2) is 27.7 Å². The topological polar surface area (TPSA) is 79.3 Å². The first-order valence-electron chi connectivity index (χ1n) is 3.96. The van der Waals surface area contributed by atoms with E-state index in [1.54, 1.807) is 0 Å². The lowest BCUT2D eigenvalue weighted by atomic mass is 10.3. The predicted molar refractivity (Wildman–Crippen MR) is 55.6 cm³/mol. The van der Waals surface area contributed by atoms with Crippen LogP contribution in [-0.2, 0) is 4.79 Å². The monoisotopic (exact) mass is 244 g/mol. The highest BCUT2D eigenvalue weighted by Crippen LogP contribution is 2.33. The minimum atomic E-state index is -1.21. The van der Waals surface area contributed by atoms with Crippen LogP contribution in [0.5, 0.6) is 0 Å². The van der Waals surface area contributed by atoms with Gasteiger partial charge in [-0.25, -0.2) is 9.78 Å². The highest BCUT2D eigenvalue weighted by atomic mass is 35.5. The summed E-state index contributed by atoms with van der Waals surface area (Å²) in [5.41, 5.74) is 0.356. The highest BCUT2D eigenvalue weighted by molar-refractivity contribution is 8.13. The number of carbonyl (C=O) groups excluding carboxylic acids is 1. The van der Waals surface area contributed by atoms with Gasteiger partial charge in [0.25, 0.3) is 0 Å². The van der Waals surface area contributed by atoms with Crippen LogP contribution >= 0.6 is 23.4 Å². The van der Waals surface area contributed by atoms with Gasteiger partial charge < -0.3 is 10.4 Å². The Kier molecular flexibility index (Phi) is 2.54. The molecule has 0 amide bonds. The maximum absolute atomic E-state index is 11.1. The van der Waals surface area contributed by atoms with Crippen molar-refractivity contribution in [2.45, 2.75) is 5.03 Å². The molecule has 0 aromatic carbocycles. The number of rotatable bonds is 1. The van der Waals surface area contributed by atoms with Gasteiger partial charge in [-0.15, -0.1) is 0 Å². The van der Waals surface area contributed by atoms with Crippen LogP contribution in [0.15, 0.2) is 11.1 Å². The summed E-state index contributed by atoms with van der Waals surface area (Å²) >= 11 is 6.63. The van der Waals surface area contributed by atoms with Crippen molar-refractivity contribution >= 4 is 40.1 Å². The summed E-state index contributed by atoms with van der Waals surface area (Å²) in [4.78, 5) is 25.6. The lowest BCUT2D eigenvalue weighted by molar-refractivity contribution is -0.109. The zero-order valence-corrected chi connectivity index (χ0v) is 8.85. The average molecular weight is 245 g/mol. The van der Waals surface area contributed by atoms with Crippen LogP contribution in [0.4, 0.5) is 5.69 Å². The molecular formula is C8H5ClN2O3S. The molecule has 1 aliphatic heterocycles. The molecule has 2 rings (SSSR count). The number of thioether (sulfide) groups is 1. The Balaban J connectivity index is 2.51. The number of hydrogen-bond donors (Lipinski definition) is 2. The highest BCUT2D eigenvalue weighted by Gasteiger charge is 2.21. The average Bonchev–Trinajstić information content (AvgIpc) is 2.17. The number of nitrogens with one attached hydrogen (secondary N) is 1. The predicted octanol–water partition coefficient (Wildman–Crippen LogP) is 1.48. The van der Waals surface area contributed by atoms with Crippen molar-refractivity contribution in [3.8, 4) is 0 Å². The molecule has 2 heterocycles. The Hall–Kier alpha value is -1.27. The molecule has 0 saturated heterocycles. The summed E-state index contributed by atoms with van der Waals surface area (Å²) in [5.74, 6) is -1.21. The molecule has 0 bridgehead atoms. The molecular weight excluding hydrogens is 240 g/mol. The molecule has 1 aliphatic rings. The smallest absolute Gasteiger partial charge is 0.356 e. The first-order chi connectivity index (χ1) is 7.08. The third kappa shape index (κ3) is 1.91. The van der Waals surface area contributed by atoms with Crippen LogP contribution in [0.1, 0.15) is 10.5 Å². The van der Waals surface area contributed by atoms with Crippen LogP contribution in [0, 0.1) is 0 Å². The molecule has 0 unspecified atom stereocenters. The zero-order chi connectivity index (χ0) is 11.0. The number of carbonyl (C=O) groups is 2. The fourth-order valence-electron chi connectivity index (χ4n) is 1.14. The van der Waals surface area contributed by atoms with Gasteiger partial charge in [-0.3, -0.25) is 4.79 Å². The molecule has 78 valence electrons. The van der Waals surface area contributed by atoms with Crippen LogP contribution in [0.2, 0.25) is 5.02 Å². The van der Waals surface area contributed by atoms with E-state index >= 15 is 0 Å². The summed E-state index contributed by atoms with van der Waals surface area (Å²) < 4.78 is 0. The number of nitrogens with zero attached hydrogens (tertiary/aromatic N) is 1. The van der Waals surface area contributed by atoms with E-state index in [0.29, 0.717) is 10.7 Å². The van der Waals surface area contributed by atoms with E-state index in [1.807, 2.05) is 0 Å². The minimum Gasteiger partial charge on any atom is -0.476 e. The summed E-state index contributed by atoms with van der Waals surface area (Å²) in [6, 6.07) is 1.47. The molecule has 0 aliphatic carbocycles. The summed E-state index contributed by atoms with van der Waals surface area (Å²) in [5, 5.41) is 11.9. The quantitative estimate of drug-likeness (QED) is 0.779. The van der Waals surface area contributed by atoms with Gasteiger partial charge >= 0.3 is 5.97 Å². The summed E-state index contributed by atoms with van der Waals surface area (Å²) in [6.07, 6.45) is 0. The number of pyridine rings is 1. The molecule has 7 heteroatoms. The fraction of sp³-hybridized carbons (Fsp3) is 0.125. The second kappa shape index (κ2) is 3.71. The number of carboxylic acid groups (broad SMARTS) is 1. The van der Waals surface area contributed by atoms with E-state index < -0.39 is 5.97 Å². The third-order valence-electron chi connectivity index (χ3n) is 1.78. The van der Waals surface area contributed by atoms with Gasteiger partial charge in [0.05, 0.1) is 17.3 Å². The maximum Gasteiger partial charge on any atom is 0.356 e. The van der Waals surface area contributed by atoms with Crippen molar-refractivity contribution in [2.75, 3.05) is 11.9 Å². The lowest BCUT2D eigenvalue weighted by Gasteiger charge is -2.15. The third-order valence-corrected chi connectivity index (χ3v) is 2.94. The number of hydrogen-bond acceptors (Lipinski definition) is 5. The number of aromatic nitrogens is 1. The number of aromatic carboxylic acids is 1. The van der Waals surface area contributed by atoms with Gasteiger partial charge in [-0.05, 0) is 17.8 Å². The van der Waals surface area contributed by atoms with Crippen molar-refractivity contribution in [3.05, 3.63) is 16.8 Å². The van der Waals surface area contributed by atoms with Crippen molar-refractivity contribution < 1.29 is 14.7 Å². The standard InChI is InChI=1S/C8H5ClN2O3S/c9-3-1-4-7(11-6(3)8(13)14)15-5(12)2-10-4/h1,10H,2H2,(H,13,14). The fourth-order valence-corrected chi connectivity index (χ4v) is 2.11. The zero-order valence-electron chi connectivity index (χ0n) is 7.28. The molecule has 2 N–H and O–H groups in total. The first-order valence-corrected chi connectivity index (χ1v) is 5.16. The van der Waals surface area contributed by atoms with Gasteiger partial charge in [0.15, 0.2) is 5.69 Å². The molecule has 15 heavy (non-hydrogen) atoms. The van der Waals surface area contributed by atoms with E-state index in [2.05, 4.69) is 10.3 Å². The minimum absolute atomic E-state index is 0.0590. The van der Waals surface area contributed by atoms with Crippen molar-refractivity contribution in [3.63, 3.8) is 0 Å². The normalized spacial score (nSPS) is 14.3. The van der Waals surface area contributed by atoms with Gasteiger partial charge in [-0.1, -0.05) is 11.6 Å². The van der Waals surface area contributed by atoms with Gasteiger partial charge in [0.2, 0.25) is 5.12 Å². The van der Waals surface area contributed by atoms with Crippen molar-refractivity contribution in [2.24, 2.45) is 0 Å². The number of anilines is 1. The largest absolute Gasteiger partial charge is 0.476 e. The summed E-state index contributed by atoms with van der Waals surface area (Å²) in [7, 11) is 0. The van der Waals surface area contributed by atoms with E-state index in [4.69, 9.17) is 16.7 Å². The Morgan fingerprint density at radius 1 is 1.67 bits per heavy atom. The second-order valence-electron chi connectivity index (χ2n) is 2.80. The summed E-state index contributed by atoms with van der Waals surface area (Å²) in [6.45, 7) is 0.197. The van der Waals surface area contributed by atoms with Gasteiger partial charge in [0.1, 0.15) is 5.03 Å². The van der Waals surface area contributed by atoms with Gasteiger partial charge in [0, 0.05) is 0 Å². The molecule has 5 nitrogen and oxygen atoms in total. The first kappa shape index (κ1) is 10.3. The maximum atomic E-state index is 11.1. The van der Waals surface area contributed by atoms with Gasteiger partial charge in [-0.2, -0.15) is 0 Å². The SMILES string of the molecule is O=C1CNc2cc(Cl)c(C(=O)O)nc2S1. The van der Waals surface area contributed by atoms with E-state index in [1.165, 1.54) is 6.07 Å². The number of halogens is 1. The molecule has 1 aromatic rings. The van der Waals surface area contributed by atoms with Crippen molar-refractivity contribution in [1.29, 1.82) is 0 Å². The molecule has 0 spiro atoms. The molecule has 0 fully saturated rings. The second-order valence-corrected chi connectivity index (χ2v) is 4.26. The molecule has 0 radical (unpaired) electrons. The Morgan fingerprint density at radius 3 is 3.07 bits per heavy atom. The number of fused-ring (bicyclic) bond motifs is 1. The number of carboxylic acids is 1.